The van der Waals surface area contributed by atoms with Gasteiger partial charge in [-0.25, -0.2) is 27.5 Å². The van der Waals surface area contributed by atoms with Gasteiger partial charge in [0.05, 0.1) is 5.52 Å². The summed E-state index contributed by atoms with van der Waals surface area (Å²) < 4.78 is 41.6. The fraction of sp³-hybridized carbons (Fsp3) is 0.143. The summed E-state index contributed by atoms with van der Waals surface area (Å²) >= 11 is 1.14. The van der Waals surface area contributed by atoms with Crippen LogP contribution in [0.5, 0.6) is 0 Å². The molecule has 0 spiro atoms. The van der Waals surface area contributed by atoms with E-state index in [0.29, 0.717) is 11.4 Å². The number of hydrogen-bond acceptors (Lipinski definition) is 6. The van der Waals surface area contributed by atoms with Gasteiger partial charge in [0, 0.05) is 19.0 Å². The summed E-state index contributed by atoms with van der Waals surface area (Å²) in [6, 6.07) is 13.8. The Kier molecular flexibility index (Phi) is 5.76. The third-order valence-corrected chi connectivity index (χ3v) is 7.56. The van der Waals surface area contributed by atoms with Gasteiger partial charge >= 0.3 is 0 Å². The lowest BCUT2D eigenvalue weighted by Crippen LogP contribution is -2.25. The van der Waals surface area contributed by atoms with Crippen molar-refractivity contribution < 1.29 is 12.8 Å². The zero-order valence-electron chi connectivity index (χ0n) is 16.1. The van der Waals surface area contributed by atoms with Gasteiger partial charge in [-0.15, -0.1) is 11.3 Å². The quantitative estimate of drug-likeness (QED) is 0.451. The summed E-state index contributed by atoms with van der Waals surface area (Å²) in [7, 11) is -1.78. The Labute approximate surface area is 177 Å². The molecular formula is C21H19FN4O2S2. The molecule has 4 aromatic rings. The Hall–Kier alpha value is -2.88. The van der Waals surface area contributed by atoms with Crippen molar-refractivity contribution in [1.29, 1.82) is 0 Å². The van der Waals surface area contributed by atoms with Gasteiger partial charge in [-0.2, -0.15) is 0 Å². The molecule has 0 saturated heterocycles. The second-order valence-corrected chi connectivity index (χ2v) is 9.53. The predicted octanol–water partition coefficient (Wildman–Crippen LogP) is 4.06. The zero-order chi connectivity index (χ0) is 21.1. The summed E-state index contributed by atoms with van der Waals surface area (Å²) in [6.45, 7) is 0.107. The molecule has 9 heteroatoms. The molecular weight excluding hydrogens is 423 g/mol. The molecule has 0 fully saturated rings. The summed E-state index contributed by atoms with van der Waals surface area (Å²) in [5.41, 5.74) is 2.98. The number of hydrogen-bond donors (Lipinski definition) is 2. The van der Waals surface area contributed by atoms with E-state index in [4.69, 9.17) is 0 Å². The number of nitrogens with one attached hydrogen (secondary N) is 2. The second-order valence-electron chi connectivity index (χ2n) is 6.59. The molecule has 0 aliphatic carbocycles. The van der Waals surface area contributed by atoms with Crippen molar-refractivity contribution in [1.82, 2.24) is 14.7 Å². The molecule has 0 saturated carbocycles. The number of aromatic nitrogens is 2. The van der Waals surface area contributed by atoms with E-state index in [2.05, 4.69) is 20.0 Å². The van der Waals surface area contributed by atoms with Gasteiger partial charge in [0.2, 0.25) is 10.0 Å². The molecule has 6 nitrogen and oxygen atoms in total. The van der Waals surface area contributed by atoms with Crippen LogP contribution >= 0.6 is 11.3 Å². The van der Waals surface area contributed by atoms with Crippen LogP contribution in [0, 0.1) is 5.82 Å². The maximum Gasteiger partial charge on any atom is 0.250 e. The molecule has 0 bridgehead atoms. The summed E-state index contributed by atoms with van der Waals surface area (Å²) in [5.74, 6) is 0.348. The number of rotatable bonds is 7. The molecule has 0 radical (unpaired) electrons. The van der Waals surface area contributed by atoms with Gasteiger partial charge in [-0.3, -0.25) is 0 Å². The number of sulfonamides is 1. The van der Waals surface area contributed by atoms with Crippen LogP contribution in [0.25, 0.3) is 22.0 Å². The average molecular weight is 443 g/mol. The van der Waals surface area contributed by atoms with Crippen LogP contribution < -0.4 is 10.0 Å². The van der Waals surface area contributed by atoms with Gasteiger partial charge in [0.25, 0.3) is 0 Å². The molecule has 154 valence electrons. The van der Waals surface area contributed by atoms with Crippen molar-refractivity contribution in [3.05, 3.63) is 71.6 Å². The van der Waals surface area contributed by atoms with Crippen molar-refractivity contribution in [2.75, 3.05) is 18.9 Å². The normalized spacial score (nSPS) is 11.7. The smallest absolute Gasteiger partial charge is 0.250 e. The molecule has 2 heterocycles. The number of nitrogens with zero attached hydrogens (tertiary/aromatic N) is 2. The molecule has 2 aromatic carbocycles. The first-order chi connectivity index (χ1) is 14.5. The SMILES string of the molecule is CNc1ncnc2ccc(-c3ccc(F)c(CCNS(=O)(=O)c4cccs4)c3)cc12. The Balaban J connectivity index is 1.57. The van der Waals surface area contributed by atoms with E-state index in [1.54, 1.807) is 30.6 Å². The fourth-order valence-corrected chi connectivity index (χ4v) is 5.26. The van der Waals surface area contributed by atoms with E-state index in [1.807, 2.05) is 18.2 Å². The van der Waals surface area contributed by atoms with Crippen molar-refractivity contribution in [3.63, 3.8) is 0 Å². The second kappa shape index (κ2) is 8.47. The van der Waals surface area contributed by atoms with Gasteiger partial charge in [0.1, 0.15) is 22.2 Å². The van der Waals surface area contributed by atoms with E-state index in [0.717, 1.165) is 33.4 Å². The van der Waals surface area contributed by atoms with Crippen LogP contribution in [0.3, 0.4) is 0 Å². The Morgan fingerprint density at radius 1 is 1.07 bits per heavy atom. The highest BCUT2D eigenvalue weighted by Gasteiger charge is 2.15. The first kappa shape index (κ1) is 20.4. The molecule has 2 aromatic heterocycles. The van der Waals surface area contributed by atoms with E-state index < -0.39 is 10.0 Å². The lowest BCUT2D eigenvalue weighted by Gasteiger charge is -2.10. The van der Waals surface area contributed by atoms with Crippen LogP contribution in [0.15, 0.2) is 64.4 Å². The lowest BCUT2D eigenvalue weighted by molar-refractivity contribution is 0.579. The lowest BCUT2D eigenvalue weighted by atomic mass is 10.00. The minimum atomic E-state index is -3.57. The van der Waals surface area contributed by atoms with Crippen LogP contribution in [-0.4, -0.2) is 32.0 Å². The highest BCUT2D eigenvalue weighted by Crippen LogP contribution is 2.28. The predicted molar refractivity (Wildman–Crippen MR) is 118 cm³/mol. The maximum absolute atomic E-state index is 14.3. The van der Waals surface area contributed by atoms with Crippen molar-refractivity contribution >= 4 is 38.1 Å². The molecule has 2 N–H and O–H groups in total. The third kappa shape index (κ3) is 4.18. The van der Waals surface area contributed by atoms with E-state index in [-0.39, 0.29) is 23.0 Å². The number of anilines is 1. The maximum atomic E-state index is 14.3. The number of thiophene rings is 1. The van der Waals surface area contributed by atoms with Crippen molar-refractivity contribution in [3.8, 4) is 11.1 Å². The Morgan fingerprint density at radius 3 is 2.63 bits per heavy atom. The average Bonchev–Trinajstić information content (AvgIpc) is 3.30. The molecule has 0 aliphatic heterocycles. The highest BCUT2D eigenvalue weighted by molar-refractivity contribution is 7.91. The summed E-state index contributed by atoms with van der Waals surface area (Å²) in [5, 5.41) is 5.62. The topological polar surface area (TPSA) is 84.0 Å². The molecule has 4 rings (SSSR count). The fourth-order valence-electron chi connectivity index (χ4n) is 3.19. The molecule has 30 heavy (non-hydrogen) atoms. The van der Waals surface area contributed by atoms with Crippen LogP contribution in [0.2, 0.25) is 0 Å². The van der Waals surface area contributed by atoms with Gasteiger partial charge in [-0.05, 0) is 58.8 Å². The van der Waals surface area contributed by atoms with Gasteiger partial charge in [-0.1, -0.05) is 18.2 Å². The van der Waals surface area contributed by atoms with E-state index >= 15 is 0 Å². The molecule has 0 amide bonds. The largest absolute Gasteiger partial charge is 0.373 e. The molecule has 0 aliphatic rings. The van der Waals surface area contributed by atoms with Gasteiger partial charge < -0.3 is 5.32 Å². The van der Waals surface area contributed by atoms with Crippen LogP contribution in [0.4, 0.5) is 10.2 Å². The van der Waals surface area contributed by atoms with Crippen molar-refractivity contribution in [2.45, 2.75) is 10.6 Å². The number of benzene rings is 2. The number of fused-ring (bicyclic) bond motifs is 1. The highest BCUT2D eigenvalue weighted by atomic mass is 32.2. The Bertz CT molecular complexity index is 1290. The molecule has 0 unspecified atom stereocenters. The monoisotopic (exact) mass is 442 g/mol. The summed E-state index contributed by atoms with van der Waals surface area (Å²) in [4.78, 5) is 8.50. The Morgan fingerprint density at radius 2 is 1.87 bits per heavy atom. The first-order valence-corrected chi connectivity index (χ1v) is 11.6. The molecule has 0 atom stereocenters. The standard InChI is InChI=1S/C21H19FN4O2S2/c1-23-21-17-12-15(5-7-19(17)24-13-25-21)14-4-6-18(22)16(11-14)8-9-26-30(27,28)20-3-2-10-29-20/h2-7,10-13,26H,8-9H2,1H3,(H,23,24,25). The van der Waals surface area contributed by atoms with Crippen LogP contribution in [0.1, 0.15) is 5.56 Å². The van der Waals surface area contributed by atoms with E-state index in [9.17, 15) is 12.8 Å². The first-order valence-electron chi connectivity index (χ1n) is 9.22. The van der Waals surface area contributed by atoms with E-state index in [1.165, 1.54) is 18.5 Å². The third-order valence-electron chi connectivity index (χ3n) is 4.70. The van der Waals surface area contributed by atoms with Gasteiger partial charge in [0.15, 0.2) is 0 Å². The minimum Gasteiger partial charge on any atom is -0.373 e. The van der Waals surface area contributed by atoms with Crippen molar-refractivity contribution in [2.24, 2.45) is 0 Å². The minimum absolute atomic E-state index is 0.107. The number of halogens is 1. The zero-order valence-corrected chi connectivity index (χ0v) is 17.7. The summed E-state index contributed by atoms with van der Waals surface area (Å²) in [6.07, 6.45) is 1.74. The van der Waals surface area contributed by atoms with Crippen LogP contribution in [-0.2, 0) is 16.4 Å².